The molecule has 0 aliphatic heterocycles. The van der Waals surface area contributed by atoms with Crippen LogP contribution < -0.4 is 0 Å². The molecule has 3 heteroatoms. The molecule has 0 aliphatic rings. The fraction of sp³-hybridized carbons (Fsp3) is 0. The molecule has 0 unspecified atom stereocenters. The van der Waals surface area contributed by atoms with Crippen molar-refractivity contribution in [1.29, 1.82) is 0 Å². The van der Waals surface area contributed by atoms with Crippen molar-refractivity contribution in [3.63, 3.8) is 0 Å². The smallest absolute Gasteiger partial charge is 0.0957 e. The van der Waals surface area contributed by atoms with E-state index in [0.717, 1.165) is 43.2 Å². The van der Waals surface area contributed by atoms with Crippen LogP contribution in [0.4, 0.5) is 0 Å². The average molecular weight is 379 g/mol. The fourth-order valence-electron chi connectivity index (χ4n) is 4.21. The molecule has 0 spiro atoms. The molecule has 6 rings (SSSR count). The second-order valence-corrected chi connectivity index (χ2v) is 7.51. The highest BCUT2D eigenvalue weighted by Gasteiger charge is 2.15. The van der Waals surface area contributed by atoms with Gasteiger partial charge in [0.1, 0.15) is 0 Å². The maximum atomic E-state index is 6.25. The Morgan fingerprint density at radius 3 is 2.36 bits per heavy atom. The second-order valence-electron chi connectivity index (χ2n) is 7.07. The van der Waals surface area contributed by atoms with E-state index in [9.17, 15) is 0 Å². The van der Waals surface area contributed by atoms with Gasteiger partial charge < -0.3 is 4.98 Å². The Balaban J connectivity index is 1.85. The number of rotatable bonds is 1. The summed E-state index contributed by atoms with van der Waals surface area (Å²) in [5, 5.41) is 5.33. The highest BCUT2D eigenvalue weighted by molar-refractivity contribution is 6.32. The summed E-state index contributed by atoms with van der Waals surface area (Å²) in [7, 11) is 0. The first-order valence-electron chi connectivity index (χ1n) is 9.27. The number of pyridine rings is 1. The zero-order valence-electron chi connectivity index (χ0n) is 14.9. The molecule has 1 N–H and O–H groups in total. The van der Waals surface area contributed by atoms with Crippen molar-refractivity contribution in [2.75, 3.05) is 0 Å². The summed E-state index contributed by atoms with van der Waals surface area (Å²) >= 11 is 6.25. The van der Waals surface area contributed by atoms with E-state index in [1.807, 2.05) is 24.3 Å². The van der Waals surface area contributed by atoms with Gasteiger partial charge in [0.15, 0.2) is 0 Å². The van der Waals surface area contributed by atoms with Gasteiger partial charge in [-0.1, -0.05) is 72.3 Å². The molecule has 2 heterocycles. The number of hydrogen-bond donors (Lipinski definition) is 1. The lowest BCUT2D eigenvalue weighted by Gasteiger charge is -2.12. The minimum atomic E-state index is 0.741. The van der Waals surface area contributed by atoms with Crippen LogP contribution in [0.15, 0.2) is 84.9 Å². The summed E-state index contributed by atoms with van der Waals surface area (Å²) in [6.07, 6.45) is 0. The minimum Gasteiger partial charge on any atom is -0.353 e. The van der Waals surface area contributed by atoms with Gasteiger partial charge in [0.05, 0.1) is 16.6 Å². The normalized spacial score (nSPS) is 11.8. The van der Waals surface area contributed by atoms with Gasteiger partial charge in [-0.2, -0.15) is 0 Å². The molecule has 0 aliphatic carbocycles. The number of aromatic nitrogens is 2. The summed E-state index contributed by atoms with van der Waals surface area (Å²) in [5.74, 6) is 0. The molecule has 0 bridgehead atoms. The lowest BCUT2D eigenvalue weighted by Crippen LogP contribution is -1.90. The largest absolute Gasteiger partial charge is 0.353 e. The van der Waals surface area contributed by atoms with Crippen molar-refractivity contribution < 1.29 is 0 Å². The number of aromatic amines is 1. The van der Waals surface area contributed by atoms with Crippen LogP contribution in [0.5, 0.6) is 0 Å². The Bertz CT molecular complexity index is 1510. The van der Waals surface area contributed by atoms with Crippen LogP contribution in [0.3, 0.4) is 0 Å². The highest BCUT2D eigenvalue weighted by atomic mass is 35.5. The quantitative estimate of drug-likeness (QED) is 0.298. The predicted octanol–water partition coefficient (Wildman–Crippen LogP) is 7.34. The van der Waals surface area contributed by atoms with Crippen molar-refractivity contribution in [2.24, 2.45) is 0 Å². The van der Waals surface area contributed by atoms with Crippen molar-refractivity contribution in [1.82, 2.24) is 9.97 Å². The number of benzene rings is 4. The number of halogens is 1. The molecule has 0 saturated carbocycles. The van der Waals surface area contributed by atoms with Crippen LogP contribution in [-0.4, -0.2) is 9.97 Å². The van der Waals surface area contributed by atoms with Crippen molar-refractivity contribution in [3.8, 4) is 11.1 Å². The lowest BCUT2D eigenvalue weighted by molar-refractivity contribution is 1.48. The maximum Gasteiger partial charge on any atom is 0.0957 e. The summed E-state index contributed by atoms with van der Waals surface area (Å²) in [6.45, 7) is 0. The Kier molecular flexibility index (Phi) is 3.26. The van der Waals surface area contributed by atoms with Crippen molar-refractivity contribution >= 4 is 55.2 Å². The minimum absolute atomic E-state index is 0.741. The molecule has 28 heavy (non-hydrogen) atoms. The van der Waals surface area contributed by atoms with Crippen LogP contribution in [0.2, 0.25) is 5.02 Å². The van der Waals surface area contributed by atoms with E-state index in [2.05, 4.69) is 65.6 Å². The standard InChI is InChI=1S/C25H15ClN2/c26-16-10-13-22-20(14-16)17-11-12-19-23(15-6-2-1-3-7-15)18-8-4-5-9-21(18)27-25(19)24(17)28-22/h1-14,28H. The van der Waals surface area contributed by atoms with Gasteiger partial charge in [-0.3, -0.25) is 0 Å². The van der Waals surface area contributed by atoms with Crippen LogP contribution in [0, 0.1) is 0 Å². The zero-order chi connectivity index (χ0) is 18.7. The third-order valence-electron chi connectivity index (χ3n) is 5.45. The summed E-state index contributed by atoms with van der Waals surface area (Å²) in [4.78, 5) is 8.62. The molecule has 0 fully saturated rings. The maximum absolute atomic E-state index is 6.25. The number of hydrogen-bond acceptors (Lipinski definition) is 1. The van der Waals surface area contributed by atoms with E-state index in [0.29, 0.717) is 0 Å². The van der Waals surface area contributed by atoms with Gasteiger partial charge in [0, 0.05) is 37.6 Å². The Morgan fingerprint density at radius 2 is 1.46 bits per heavy atom. The van der Waals surface area contributed by atoms with Gasteiger partial charge in [-0.15, -0.1) is 0 Å². The van der Waals surface area contributed by atoms with Gasteiger partial charge in [-0.25, -0.2) is 4.98 Å². The van der Waals surface area contributed by atoms with Gasteiger partial charge in [-0.05, 0) is 29.8 Å². The lowest BCUT2D eigenvalue weighted by atomic mass is 9.95. The molecule has 0 radical (unpaired) electrons. The predicted molar refractivity (Wildman–Crippen MR) is 119 cm³/mol. The molecule has 132 valence electrons. The Hall–Kier alpha value is -3.36. The van der Waals surface area contributed by atoms with Crippen LogP contribution in [0.1, 0.15) is 0 Å². The second kappa shape index (κ2) is 5.82. The molecular weight excluding hydrogens is 364 g/mol. The summed E-state index contributed by atoms with van der Waals surface area (Å²) in [5.41, 5.74) is 6.53. The van der Waals surface area contributed by atoms with Crippen molar-refractivity contribution in [3.05, 3.63) is 90.0 Å². The number of H-pyrrole nitrogens is 1. The Morgan fingerprint density at radius 1 is 0.679 bits per heavy atom. The molecule has 0 amide bonds. The number of nitrogens with one attached hydrogen (secondary N) is 1. The van der Waals surface area contributed by atoms with Crippen molar-refractivity contribution in [2.45, 2.75) is 0 Å². The SMILES string of the molecule is Clc1ccc2[nH]c3c(ccc4c(-c5ccccc5)c5ccccc5nc43)c2c1. The first-order chi connectivity index (χ1) is 13.8. The van der Waals surface area contributed by atoms with E-state index in [1.165, 1.54) is 16.5 Å². The number of nitrogens with zero attached hydrogens (tertiary/aromatic N) is 1. The fourth-order valence-corrected chi connectivity index (χ4v) is 4.38. The molecule has 4 aromatic carbocycles. The third-order valence-corrected chi connectivity index (χ3v) is 5.68. The molecular formula is C25H15ClN2. The number of fused-ring (bicyclic) bond motifs is 6. The van der Waals surface area contributed by atoms with Gasteiger partial charge >= 0.3 is 0 Å². The summed E-state index contributed by atoms with van der Waals surface area (Å²) < 4.78 is 0. The van der Waals surface area contributed by atoms with E-state index in [4.69, 9.17) is 16.6 Å². The van der Waals surface area contributed by atoms with Gasteiger partial charge in [0.2, 0.25) is 0 Å². The topological polar surface area (TPSA) is 28.7 Å². The van der Waals surface area contributed by atoms with Crippen LogP contribution >= 0.6 is 11.6 Å². The highest BCUT2D eigenvalue weighted by Crippen LogP contribution is 2.39. The van der Waals surface area contributed by atoms with E-state index < -0.39 is 0 Å². The zero-order valence-corrected chi connectivity index (χ0v) is 15.7. The number of para-hydroxylation sites is 1. The van der Waals surface area contributed by atoms with E-state index >= 15 is 0 Å². The molecule has 2 nitrogen and oxygen atoms in total. The first-order valence-corrected chi connectivity index (χ1v) is 9.65. The monoisotopic (exact) mass is 378 g/mol. The van der Waals surface area contributed by atoms with Crippen LogP contribution in [-0.2, 0) is 0 Å². The van der Waals surface area contributed by atoms with Crippen LogP contribution in [0.25, 0.3) is 54.7 Å². The Labute approximate surface area is 166 Å². The molecule has 2 aromatic heterocycles. The third kappa shape index (κ3) is 2.19. The van der Waals surface area contributed by atoms with E-state index in [-0.39, 0.29) is 0 Å². The van der Waals surface area contributed by atoms with Gasteiger partial charge in [0.25, 0.3) is 0 Å². The van der Waals surface area contributed by atoms with E-state index in [1.54, 1.807) is 0 Å². The molecule has 6 aromatic rings. The summed E-state index contributed by atoms with van der Waals surface area (Å²) in [6, 6.07) is 29.2. The first kappa shape index (κ1) is 15.7. The molecule has 0 saturated heterocycles. The average Bonchev–Trinajstić information content (AvgIpc) is 3.11. The molecule has 0 atom stereocenters.